The van der Waals surface area contributed by atoms with Crippen LogP contribution in [0.1, 0.15) is 68.7 Å². The molecule has 0 radical (unpaired) electrons. The van der Waals surface area contributed by atoms with Gasteiger partial charge in [0.1, 0.15) is 31.0 Å². The van der Waals surface area contributed by atoms with E-state index in [9.17, 15) is 14.4 Å². The van der Waals surface area contributed by atoms with E-state index in [2.05, 4.69) is 25.6 Å². The van der Waals surface area contributed by atoms with Crippen LogP contribution < -0.4 is 22.1 Å². The largest absolute Gasteiger partial charge is 0.462 e. The molecule has 2 aromatic heterocycles. The molecular weight excluding hydrogens is 598 g/mol. The Hall–Kier alpha value is -4.00. The van der Waals surface area contributed by atoms with Crippen molar-refractivity contribution in [3.05, 3.63) is 64.6 Å². The molecule has 0 aliphatic carbocycles. The summed E-state index contributed by atoms with van der Waals surface area (Å²) in [5.74, 6) is -1.22. The maximum Gasteiger partial charge on any atom is 0.323 e. The van der Waals surface area contributed by atoms with Crippen LogP contribution in [0.3, 0.4) is 0 Å². The highest BCUT2D eigenvalue weighted by atomic mass is 35.5. The van der Waals surface area contributed by atoms with Crippen LogP contribution in [0.25, 0.3) is 11.3 Å². The lowest BCUT2D eigenvalue weighted by molar-refractivity contribution is -0.147. The molecule has 0 aliphatic rings. The molecular formula is C32H44ClN7O5. The van der Waals surface area contributed by atoms with E-state index in [4.69, 9.17) is 32.5 Å². The Morgan fingerprint density at radius 2 is 1.64 bits per heavy atom. The standard InChI is InChI=1S/C32H44ClN7O5/c1-7-23(15-44-30(42)26(34)17(2)3)38-32-37-13-19(6)28(40-32)21-12-24(36-14-21)29(41)39-25(20-9-8-10-22(33)11-20)16-45-31(43)27(35)18(4)5/h8-14,17-18,23,25-27,36H,7,15-16,34-35H2,1-6H3,(H,39,41)(H,37,38,40)/t23-,25+,26-,27-/m0/s1. The number of aromatic amines is 1. The molecule has 0 saturated heterocycles. The Morgan fingerprint density at radius 1 is 1.00 bits per heavy atom. The molecule has 4 atom stereocenters. The molecule has 45 heavy (non-hydrogen) atoms. The molecule has 1 amide bonds. The van der Waals surface area contributed by atoms with Gasteiger partial charge in [-0.15, -0.1) is 0 Å². The number of aryl methyl sites for hydroxylation is 1. The predicted octanol–water partition coefficient (Wildman–Crippen LogP) is 4.15. The summed E-state index contributed by atoms with van der Waals surface area (Å²) >= 11 is 6.20. The number of ether oxygens (including phenoxy) is 2. The first-order valence-corrected chi connectivity index (χ1v) is 15.4. The second-order valence-corrected chi connectivity index (χ2v) is 12.1. The lowest BCUT2D eigenvalue weighted by atomic mass is 10.1. The van der Waals surface area contributed by atoms with Crippen LogP contribution in [0.15, 0.2) is 42.7 Å². The average Bonchev–Trinajstić information content (AvgIpc) is 3.51. The van der Waals surface area contributed by atoms with E-state index in [0.29, 0.717) is 34.2 Å². The van der Waals surface area contributed by atoms with Crippen molar-refractivity contribution in [2.75, 3.05) is 18.5 Å². The lowest BCUT2D eigenvalue weighted by Crippen LogP contribution is -2.39. The number of aromatic nitrogens is 3. The van der Waals surface area contributed by atoms with Crippen LogP contribution in [-0.2, 0) is 19.1 Å². The molecule has 3 aromatic rings. The summed E-state index contributed by atoms with van der Waals surface area (Å²) in [6, 6.07) is 6.24. The number of carbonyl (C=O) groups is 3. The smallest absolute Gasteiger partial charge is 0.323 e. The number of nitrogens with two attached hydrogens (primary N) is 2. The number of hydrogen-bond donors (Lipinski definition) is 5. The molecule has 0 bridgehead atoms. The first-order chi connectivity index (χ1) is 21.3. The number of halogens is 1. The van der Waals surface area contributed by atoms with E-state index in [1.807, 2.05) is 41.5 Å². The molecule has 3 rings (SSSR count). The Labute approximate surface area is 269 Å². The third-order valence-corrected chi connectivity index (χ3v) is 7.59. The Balaban J connectivity index is 1.74. The summed E-state index contributed by atoms with van der Waals surface area (Å²) in [4.78, 5) is 50.1. The molecule has 13 heteroatoms. The molecule has 0 saturated carbocycles. The van der Waals surface area contributed by atoms with Crippen molar-refractivity contribution in [1.29, 1.82) is 0 Å². The molecule has 7 N–H and O–H groups in total. The SMILES string of the molecule is CC[C@@H](COC(=O)[C@@H](N)C(C)C)Nc1ncc(C)c(-c2c[nH]c(C(=O)N[C@H](COC(=O)[C@@H](N)C(C)C)c3cccc(Cl)c3)c2)n1. The number of nitrogens with one attached hydrogen (secondary N) is 3. The maximum atomic E-state index is 13.4. The number of amides is 1. The quantitative estimate of drug-likeness (QED) is 0.151. The van der Waals surface area contributed by atoms with Crippen molar-refractivity contribution >= 4 is 35.4 Å². The fraction of sp³-hybridized carbons (Fsp3) is 0.469. The minimum absolute atomic E-state index is 0.0317. The van der Waals surface area contributed by atoms with Gasteiger partial charge in [-0.3, -0.25) is 14.4 Å². The predicted molar refractivity (Wildman–Crippen MR) is 173 cm³/mol. The third-order valence-electron chi connectivity index (χ3n) is 7.36. The van der Waals surface area contributed by atoms with E-state index in [-0.39, 0.29) is 36.8 Å². The number of esters is 2. The van der Waals surface area contributed by atoms with Gasteiger partial charge in [0.25, 0.3) is 5.91 Å². The first kappa shape index (κ1) is 35.5. The number of H-pyrrole nitrogens is 1. The van der Waals surface area contributed by atoms with Gasteiger partial charge in [0.05, 0.1) is 17.8 Å². The molecule has 244 valence electrons. The van der Waals surface area contributed by atoms with Crippen molar-refractivity contribution in [2.24, 2.45) is 23.3 Å². The second-order valence-electron chi connectivity index (χ2n) is 11.7. The molecule has 0 aliphatic heterocycles. The number of nitrogens with zero attached hydrogens (tertiary/aromatic N) is 2. The van der Waals surface area contributed by atoms with Crippen LogP contribution >= 0.6 is 11.6 Å². The molecule has 1 aromatic carbocycles. The topological polar surface area (TPSA) is 187 Å². The monoisotopic (exact) mass is 641 g/mol. The van der Waals surface area contributed by atoms with E-state index >= 15 is 0 Å². The molecule has 0 spiro atoms. The maximum absolute atomic E-state index is 13.4. The van der Waals surface area contributed by atoms with Gasteiger partial charge in [-0.2, -0.15) is 0 Å². The highest BCUT2D eigenvalue weighted by Crippen LogP contribution is 2.24. The van der Waals surface area contributed by atoms with E-state index < -0.39 is 36.0 Å². The van der Waals surface area contributed by atoms with Gasteiger partial charge in [0, 0.05) is 23.0 Å². The van der Waals surface area contributed by atoms with Gasteiger partial charge in [-0.05, 0) is 54.5 Å². The van der Waals surface area contributed by atoms with Gasteiger partial charge in [0.2, 0.25) is 5.95 Å². The fourth-order valence-electron chi connectivity index (χ4n) is 4.18. The summed E-state index contributed by atoms with van der Waals surface area (Å²) in [6.45, 7) is 11.2. The Bertz CT molecular complexity index is 1460. The second kappa shape index (κ2) is 16.4. The molecule has 0 unspecified atom stereocenters. The molecule has 2 heterocycles. The van der Waals surface area contributed by atoms with E-state index in [0.717, 1.165) is 5.56 Å². The van der Waals surface area contributed by atoms with Gasteiger partial charge >= 0.3 is 11.9 Å². The van der Waals surface area contributed by atoms with Gasteiger partial charge < -0.3 is 36.6 Å². The van der Waals surface area contributed by atoms with Crippen molar-refractivity contribution in [3.63, 3.8) is 0 Å². The van der Waals surface area contributed by atoms with Crippen LogP contribution in [-0.4, -0.2) is 64.1 Å². The van der Waals surface area contributed by atoms with E-state index in [1.165, 1.54) is 0 Å². The number of hydrogen-bond acceptors (Lipinski definition) is 10. The zero-order valence-corrected chi connectivity index (χ0v) is 27.4. The fourth-order valence-corrected chi connectivity index (χ4v) is 4.37. The van der Waals surface area contributed by atoms with Crippen LogP contribution in [0.5, 0.6) is 0 Å². The normalized spacial score (nSPS) is 14.0. The minimum atomic E-state index is -0.784. The Morgan fingerprint density at radius 3 is 2.24 bits per heavy atom. The third kappa shape index (κ3) is 10.0. The number of benzene rings is 1. The number of rotatable bonds is 15. The highest BCUT2D eigenvalue weighted by Gasteiger charge is 2.24. The van der Waals surface area contributed by atoms with Crippen molar-refractivity contribution in [2.45, 2.75) is 72.1 Å². The molecule has 12 nitrogen and oxygen atoms in total. The van der Waals surface area contributed by atoms with Gasteiger partial charge in [0.15, 0.2) is 0 Å². The summed E-state index contributed by atoms with van der Waals surface area (Å²) < 4.78 is 10.9. The average molecular weight is 642 g/mol. The number of carbonyl (C=O) groups excluding carboxylic acids is 3. The van der Waals surface area contributed by atoms with Crippen molar-refractivity contribution < 1.29 is 23.9 Å². The zero-order chi connectivity index (χ0) is 33.3. The summed E-state index contributed by atoms with van der Waals surface area (Å²) in [6.07, 6.45) is 4.00. The minimum Gasteiger partial charge on any atom is -0.462 e. The highest BCUT2D eigenvalue weighted by molar-refractivity contribution is 6.30. The van der Waals surface area contributed by atoms with Crippen molar-refractivity contribution in [1.82, 2.24) is 20.3 Å². The number of anilines is 1. The lowest BCUT2D eigenvalue weighted by Gasteiger charge is -2.21. The summed E-state index contributed by atoms with van der Waals surface area (Å²) in [5, 5.41) is 6.61. The van der Waals surface area contributed by atoms with Crippen LogP contribution in [0.2, 0.25) is 5.02 Å². The van der Waals surface area contributed by atoms with Gasteiger partial charge in [-0.1, -0.05) is 58.4 Å². The van der Waals surface area contributed by atoms with Crippen LogP contribution in [0, 0.1) is 18.8 Å². The van der Waals surface area contributed by atoms with Gasteiger partial charge in [-0.25, -0.2) is 9.97 Å². The van der Waals surface area contributed by atoms with Crippen LogP contribution in [0.4, 0.5) is 5.95 Å². The summed E-state index contributed by atoms with van der Waals surface area (Å²) in [7, 11) is 0. The first-order valence-electron chi connectivity index (χ1n) is 15.0. The Kier molecular flexibility index (Phi) is 12.9. The van der Waals surface area contributed by atoms with Crippen molar-refractivity contribution in [3.8, 4) is 11.3 Å². The summed E-state index contributed by atoms with van der Waals surface area (Å²) in [5.41, 5.74) is 14.8. The molecule has 0 fully saturated rings. The van der Waals surface area contributed by atoms with E-state index in [1.54, 1.807) is 42.7 Å². The zero-order valence-electron chi connectivity index (χ0n) is 26.6.